The lowest BCUT2D eigenvalue weighted by molar-refractivity contribution is 0.464. The van der Waals surface area contributed by atoms with E-state index in [1.807, 2.05) is 6.07 Å². The van der Waals surface area contributed by atoms with Gasteiger partial charge < -0.3 is 4.74 Å². The zero-order valence-electron chi connectivity index (χ0n) is 8.80. The van der Waals surface area contributed by atoms with Gasteiger partial charge in [-0.3, -0.25) is 0 Å². The van der Waals surface area contributed by atoms with Crippen LogP contribution in [-0.4, -0.2) is 13.7 Å². The lowest BCUT2D eigenvalue weighted by Gasteiger charge is -2.05. The van der Waals surface area contributed by atoms with Gasteiger partial charge in [0.15, 0.2) is 0 Å². The van der Waals surface area contributed by atoms with Gasteiger partial charge in [-0.15, -0.1) is 0 Å². The molecule has 0 N–H and O–H groups in total. The molecule has 0 amide bonds. The van der Waals surface area contributed by atoms with E-state index < -0.39 is 0 Å². The summed E-state index contributed by atoms with van der Waals surface area (Å²) >= 11 is 12.9. The van der Waals surface area contributed by atoms with Crippen molar-refractivity contribution in [3.63, 3.8) is 0 Å². The molecular weight excluding hydrogens is 293 g/mol. The first-order valence-electron chi connectivity index (χ1n) is 4.93. The van der Waals surface area contributed by atoms with Gasteiger partial charge in [0.05, 0.1) is 16.8 Å². The van der Waals surface area contributed by atoms with Gasteiger partial charge >= 0.3 is 0 Å². The molecule has 18 heavy (non-hydrogen) atoms. The zero-order valence-corrected chi connectivity index (χ0v) is 11.1. The molecule has 7 heteroatoms. The highest BCUT2D eigenvalue weighted by molar-refractivity contribution is 7.00. The summed E-state index contributed by atoms with van der Waals surface area (Å²) in [6, 6.07) is 6.98. The largest absolute Gasteiger partial charge is 0.437 e. The normalized spacial score (nSPS) is 10.8. The fourth-order valence-electron chi connectivity index (χ4n) is 1.41. The van der Waals surface area contributed by atoms with Crippen LogP contribution in [0.25, 0.3) is 11.0 Å². The van der Waals surface area contributed by atoms with E-state index in [0.717, 1.165) is 22.8 Å². The number of rotatable bonds is 2. The van der Waals surface area contributed by atoms with E-state index in [4.69, 9.17) is 27.9 Å². The average molecular weight is 298 g/mol. The molecule has 3 rings (SSSR count). The number of pyridine rings is 1. The Bertz CT molecular complexity index is 716. The SMILES string of the molecule is Clc1cnc(Oc2ccc3nsnc3c2)c(Cl)c1. The Morgan fingerprint density at radius 3 is 2.72 bits per heavy atom. The van der Waals surface area contributed by atoms with Crippen LogP contribution in [0.4, 0.5) is 0 Å². The minimum Gasteiger partial charge on any atom is -0.437 e. The summed E-state index contributed by atoms with van der Waals surface area (Å²) in [5.41, 5.74) is 1.62. The van der Waals surface area contributed by atoms with Gasteiger partial charge in [0, 0.05) is 12.3 Å². The van der Waals surface area contributed by atoms with E-state index >= 15 is 0 Å². The summed E-state index contributed by atoms with van der Waals surface area (Å²) < 4.78 is 13.8. The van der Waals surface area contributed by atoms with Crippen LogP contribution >= 0.6 is 34.9 Å². The maximum atomic E-state index is 5.98. The maximum absolute atomic E-state index is 5.98. The van der Waals surface area contributed by atoms with Crippen LogP contribution in [0.3, 0.4) is 0 Å². The molecule has 0 fully saturated rings. The number of fused-ring (bicyclic) bond motifs is 1. The van der Waals surface area contributed by atoms with Crippen molar-refractivity contribution in [1.82, 2.24) is 13.7 Å². The second-order valence-electron chi connectivity index (χ2n) is 3.46. The van der Waals surface area contributed by atoms with Crippen molar-refractivity contribution in [3.05, 3.63) is 40.5 Å². The molecule has 0 bridgehead atoms. The number of hydrogen-bond donors (Lipinski definition) is 0. The molecule has 0 radical (unpaired) electrons. The molecule has 0 aliphatic carbocycles. The van der Waals surface area contributed by atoms with E-state index in [1.165, 1.54) is 6.20 Å². The molecule has 0 unspecified atom stereocenters. The van der Waals surface area contributed by atoms with Gasteiger partial charge in [0.1, 0.15) is 21.8 Å². The zero-order chi connectivity index (χ0) is 12.5. The third kappa shape index (κ3) is 2.25. The fourth-order valence-corrected chi connectivity index (χ4v) is 2.35. The van der Waals surface area contributed by atoms with Gasteiger partial charge in [-0.05, 0) is 18.2 Å². The molecule has 0 spiro atoms. The molecule has 0 atom stereocenters. The van der Waals surface area contributed by atoms with E-state index in [2.05, 4.69) is 13.7 Å². The first-order valence-corrected chi connectivity index (χ1v) is 6.42. The molecule has 90 valence electrons. The summed E-state index contributed by atoms with van der Waals surface area (Å²) in [4.78, 5) is 4.02. The fraction of sp³-hybridized carbons (Fsp3) is 0. The number of aromatic nitrogens is 3. The standard InChI is InChI=1S/C11H5Cl2N3OS/c12-6-3-8(13)11(14-5-6)17-7-1-2-9-10(4-7)16-18-15-9/h1-5H. The number of hydrogen-bond acceptors (Lipinski definition) is 5. The van der Waals surface area contributed by atoms with Crippen molar-refractivity contribution < 1.29 is 4.74 Å². The Kier molecular flexibility index (Phi) is 3.03. The second kappa shape index (κ2) is 4.68. The van der Waals surface area contributed by atoms with Crippen molar-refractivity contribution in [2.45, 2.75) is 0 Å². The topological polar surface area (TPSA) is 47.9 Å². The highest BCUT2D eigenvalue weighted by Gasteiger charge is 2.07. The number of ether oxygens (including phenoxy) is 1. The molecule has 0 saturated heterocycles. The lowest BCUT2D eigenvalue weighted by Crippen LogP contribution is -1.88. The molecule has 3 aromatic rings. The first-order chi connectivity index (χ1) is 8.72. The predicted octanol–water partition coefficient (Wildman–Crippen LogP) is 4.19. The molecule has 2 aromatic heterocycles. The van der Waals surface area contributed by atoms with Crippen molar-refractivity contribution in [2.75, 3.05) is 0 Å². The van der Waals surface area contributed by atoms with E-state index in [9.17, 15) is 0 Å². The van der Waals surface area contributed by atoms with Gasteiger partial charge in [0.25, 0.3) is 0 Å². The van der Waals surface area contributed by atoms with Gasteiger partial charge in [0.2, 0.25) is 5.88 Å². The van der Waals surface area contributed by atoms with E-state index in [0.29, 0.717) is 21.7 Å². The summed E-state index contributed by atoms with van der Waals surface area (Å²) in [6.07, 6.45) is 1.48. The molecule has 0 saturated carbocycles. The number of benzene rings is 1. The third-order valence-corrected chi connectivity index (χ3v) is 3.25. The number of nitrogens with zero attached hydrogens (tertiary/aromatic N) is 3. The van der Waals surface area contributed by atoms with Crippen LogP contribution < -0.4 is 4.74 Å². The minimum atomic E-state index is 0.309. The Hall–Kier alpha value is -1.43. The van der Waals surface area contributed by atoms with Crippen molar-refractivity contribution >= 4 is 46.0 Å². The van der Waals surface area contributed by atoms with Crippen LogP contribution in [-0.2, 0) is 0 Å². The molecule has 2 heterocycles. The quantitative estimate of drug-likeness (QED) is 0.712. The highest BCUT2D eigenvalue weighted by atomic mass is 35.5. The monoisotopic (exact) mass is 297 g/mol. The smallest absolute Gasteiger partial charge is 0.238 e. The Balaban J connectivity index is 1.95. The third-order valence-electron chi connectivity index (χ3n) is 2.21. The Morgan fingerprint density at radius 1 is 1.06 bits per heavy atom. The Morgan fingerprint density at radius 2 is 1.89 bits per heavy atom. The minimum absolute atomic E-state index is 0.309. The lowest BCUT2D eigenvalue weighted by atomic mass is 10.3. The summed E-state index contributed by atoms with van der Waals surface area (Å²) in [6.45, 7) is 0. The Labute approximate surface area is 116 Å². The first kappa shape index (κ1) is 11.6. The molecule has 0 aliphatic heterocycles. The van der Waals surface area contributed by atoms with Crippen LogP contribution in [0.2, 0.25) is 10.0 Å². The van der Waals surface area contributed by atoms with Crippen molar-refractivity contribution in [3.8, 4) is 11.6 Å². The van der Waals surface area contributed by atoms with Gasteiger partial charge in [-0.2, -0.15) is 8.75 Å². The number of halogens is 2. The molecular formula is C11H5Cl2N3OS. The average Bonchev–Trinajstić information content (AvgIpc) is 2.80. The maximum Gasteiger partial charge on any atom is 0.238 e. The van der Waals surface area contributed by atoms with Crippen LogP contribution in [0.1, 0.15) is 0 Å². The predicted molar refractivity (Wildman–Crippen MR) is 71.7 cm³/mol. The molecule has 4 nitrogen and oxygen atoms in total. The van der Waals surface area contributed by atoms with Crippen molar-refractivity contribution in [2.24, 2.45) is 0 Å². The second-order valence-corrected chi connectivity index (χ2v) is 4.83. The van der Waals surface area contributed by atoms with E-state index in [1.54, 1.807) is 18.2 Å². The highest BCUT2D eigenvalue weighted by Crippen LogP contribution is 2.30. The molecule has 1 aromatic carbocycles. The summed E-state index contributed by atoms with van der Waals surface area (Å²) in [5, 5.41) is 0.825. The summed E-state index contributed by atoms with van der Waals surface area (Å²) in [7, 11) is 0. The molecule has 0 aliphatic rings. The van der Waals surface area contributed by atoms with Crippen LogP contribution in [0, 0.1) is 0 Å². The van der Waals surface area contributed by atoms with Crippen LogP contribution in [0.15, 0.2) is 30.5 Å². The van der Waals surface area contributed by atoms with E-state index in [-0.39, 0.29) is 0 Å². The van der Waals surface area contributed by atoms with Crippen molar-refractivity contribution in [1.29, 1.82) is 0 Å². The van der Waals surface area contributed by atoms with Gasteiger partial charge in [-0.1, -0.05) is 23.2 Å². The summed E-state index contributed by atoms with van der Waals surface area (Å²) in [5.74, 6) is 0.913. The van der Waals surface area contributed by atoms with Crippen LogP contribution in [0.5, 0.6) is 11.6 Å². The van der Waals surface area contributed by atoms with Gasteiger partial charge in [-0.25, -0.2) is 4.98 Å².